The van der Waals surface area contributed by atoms with E-state index in [2.05, 4.69) is 15.8 Å². The Labute approximate surface area is 203 Å². The van der Waals surface area contributed by atoms with E-state index in [1.807, 2.05) is 4.72 Å². The second-order valence-corrected chi connectivity index (χ2v) is 10.1. The summed E-state index contributed by atoms with van der Waals surface area (Å²) in [5, 5.41) is 10.4. The van der Waals surface area contributed by atoms with E-state index in [1.54, 1.807) is 4.57 Å². The second kappa shape index (κ2) is 10.0. The Kier molecular flexibility index (Phi) is 7.19. The molecule has 7 nitrogen and oxygen atoms in total. The molecule has 192 valence electrons. The first-order valence-corrected chi connectivity index (χ1v) is 12.5. The highest BCUT2D eigenvalue weighted by Crippen LogP contribution is 2.42. The van der Waals surface area contributed by atoms with Gasteiger partial charge in [-0.2, -0.15) is 5.26 Å². The largest absolute Gasteiger partial charge is 0.573 e. The lowest BCUT2D eigenvalue weighted by molar-refractivity contribution is -0.274. The van der Waals surface area contributed by atoms with Gasteiger partial charge in [-0.25, -0.2) is 21.9 Å². The third-order valence-corrected chi connectivity index (χ3v) is 7.50. The molecule has 0 spiro atoms. The van der Waals surface area contributed by atoms with Crippen LogP contribution in [0.1, 0.15) is 37.3 Å². The van der Waals surface area contributed by atoms with E-state index in [-0.39, 0.29) is 22.2 Å². The van der Waals surface area contributed by atoms with Crippen molar-refractivity contribution in [3.8, 4) is 23.2 Å². The standard InChI is InChI=1S/C23H21F5N4O3S/c24-10-14(11-25)31-36(33,34)17-6-8-20(30-13-17)22-19(12-29)18-7-5-16(35-23(26,27)28)9-21(18)32(22)15-3-1-2-4-15/h5-9,13-15,31H,1-4,10-11H2. The lowest BCUT2D eigenvalue weighted by Crippen LogP contribution is -2.37. The van der Waals surface area contributed by atoms with E-state index < -0.39 is 41.5 Å². The van der Waals surface area contributed by atoms with Crippen molar-refractivity contribution >= 4 is 20.9 Å². The molecular formula is C23H21F5N4O3S. The van der Waals surface area contributed by atoms with Gasteiger partial charge in [0, 0.05) is 23.7 Å². The van der Waals surface area contributed by atoms with Gasteiger partial charge in [-0.15, -0.1) is 13.2 Å². The molecule has 4 rings (SSSR count). The zero-order valence-corrected chi connectivity index (χ0v) is 19.5. The Morgan fingerprint density at radius 2 is 1.86 bits per heavy atom. The van der Waals surface area contributed by atoms with Crippen LogP contribution in [0.25, 0.3) is 22.3 Å². The highest BCUT2D eigenvalue weighted by atomic mass is 32.2. The highest BCUT2D eigenvalue weighted by Gasteiger charge is 2.32. The number of nitrogens with zero attached hydrogens (tertiary/aromatic N) is 3. The minimum Gasteiger partial charge on any atom is -0.406 e. The first-order valence-electron chi connectivity index (χ1n) is 11.0. The third kappa shape index (κ3) is 5.15. The first kappa shape index (κ1) is 25.8. The number of ether oxygens (including phenoxy) is 1. The average molecular weight is 529 g/mol. The van der Waals surface area contributed by atoms with E-state index in [0.717, 1.165) is 37.9 Å². The predicted octanol–water partition coefficient (Wildman–Crippen LogP) is 5.17. The monoisotopic (exact) mass is 528 g/mol. The van der Waals surface area contributed by atoms with Crippen LogP contribution in [0.15, 0.2) is 41.4 Å². The molecule has 1 fully saturated rings. The molecule has 0 amide bonds. The summed E-state index contributed by atoms with van der Waals surface area (Å²) in [5.74, 6) is -0.432. The Hall–Kier alpha value is -3.24. The Balaban J connectivity index is 1.84. The fraction of sp³-hybridized carbons (Fsp3) is 0.391. The van der Waals surface area contributed by atoms with Crippen LogP contribution in [0.2, 0.25) is 0 Å². The van der Waals surface area contributed by atoms with Crippen LogP contribution in [0, 0.1) is 11.3 Å². The number of fused-ring (bicyclic) bond motifs is 1. The third-order valence-electron chi connectivity index (χ3n) is 5.99. The summed E-state index contributed by atoms with van der Waals surface area (Å²) >= 11 is 0. The molecule has 1 aromatic carbocycles. The fourth-order valence-electron chi connectivity index (χ4n) is 4.47. The van der Waals surface area contributed by atoms with Crippen LogP contribution in [-0.2, 0) is 10.0 Å². The molecule has 1 saturated carbocycles. The van der Waals surface area contributed by atoms with Gasteiger partial charge in [-0.05, 0) is 37.1 Å². The number of aromatic nitrogens is 2. The summed E-state index contributed by atoms with van der Waals surface area (Å²) in [7, 11) is -4.26. The minimum absolute atomic E-state index is 0.118. The van der Waals surface area contributed by atoms with Gasteiger partial charge < -0.3 is 9.30 Å². The van der Waals surface area contributed by atoms with Crippen molar-refractivity contribution in [1.82, 2.24) is 14.3 Å². The molecule has 13 heteroatoms. The van der Waals surface area contributed by atoms with Crippen molar-refractivity contribution in [2.75, 3.05) is 13.3 Å². The van der Waals surface area contributed by atoms with Crippen molar-refractivity contribution in [1.29, 1.82) is 5.26 Å². The predicted molar refractivity (Wildman–Crippen MR) is 120 cm³/mol. The molecule has 2 aromatic heterocycles. The number of hydrogen-bond acceptors (Lipinski definition) is 5. The number of pyridine rings is 1. The van der Waals surface area contributed by atoms with Crippen molar-refractivity contribution in [3.63, 3.8) is 0 Å². The molecule has 3 aromatic rings. The molecule has 2 heterocycles. The van der Waals surface area contributed by atoms with Crippen LogP contribution in [0.4, 0.5) is 22.0 Å². The van der Waals surface area contributed by atoms with Crippen LogP contribution in [0.5, 0.6) is 5.75 Å². The molecule has 0 saturated heterocycles. The topological polar surface area (TPSA) is 97.0 Å². The lowest BCUT2D eigenvalue weighted by atomic mass is 10.1. The Bertz CT molecular complexity index is 1390. The molecule has 1 N–H and O–H groups in total. The number of sulfonamides is 1. The number of rotatable bonds is 8. The molecular weight excluding hydrogens is 507 g/mol. The summed E-state index contributed by atoms with van der Waals surface area (Å²) in [6.07, 6.45) is -0.636. The van der Waals surface area contributed by atoms with Gasteiger partial charge in [0.15, 0.2) is 0 Å². The van der Waals surface area contributed by atoms with Gasteiger partial charge in [0.1, 0.15) is 30.1 Å². The molecule has 0 atom stereocenters. The molecule has 0 bridgehead atoms. The number of nitrogens with one attached hydrogen (secondary N) is 1. The normalized spacial score (nSPS) is 15.0. The smallest absolute Gasteiger partial charge is 0.406 e. The van der Waals surface area contributed by atoms with E-state index >= 15 is 0 Å². The summed E-state index contributed by atoms with van der Waals surface area (Å²) in [6.45, 7) is -2.46. The SMILES string of the molecule is N#Cc1c(-c2ccc(S(=O)(=O)NC(CF)CF)cn2)n(C2CCCC2)c2cc(OC(F)(F)F)ccc12. The van der Waals surface area contributed by atoms with Crippen molar-refractivity contribution in [2.24, 2.45) is 0 Å². The average Bonchev–Trinajstić information content (AvgIpc) is 3.47. The molecule has 0 radical (unpaired) electrons. The maximum atomic E-state index is 12.8. The van der Waals surface area contributed by atoms with Crippen molar-refractivity contribution in [2.45, 2.75) is 49.0 Å². The second-order valence-electron chi connectivity index (χ2n) is 8.38. The van der Waals surface area contributed by atoms with E-state index in [9.17, 15) is 35.6 Å². The number of nitriles is 1. The Morgan fingerprint density at radius 1 is 1.17 bits per heavy atom. The van der Waals surface area contributed by atoms with Gasteiger partial charge in [0.2, 0.25) is 10.0 Å². The fourth-order valence-corrected chi connectivity index (χ4v) is 5.60. The first-order chi connectivity index (χ1) is 17.1. The van der Waals surface area contributed by atoms with Crippen molar-refractivity contribution < 1.29 is 35.1 Å². The lowest BCUT2D eigenvalue weighted by Gasteiger charge is -2.18. The molecule has 1 aliphatic carbocycles. The summed E-state index contributed by atoms with van der Waals surface area (Å²) in [6, 6.07) is 6.71. The quantitative estimate of drug-likeness (QED) is 0.407. The maximum Gasteiger partial charge on any atom is 0.573 e. The molecule has 1 aliphatic rings. The summed E-state index contributed by atoms with van der Waals surface area (Å²) in [5.41, 5.74) is 1.10. The Morgan fingerprint density at radius 3 is 2.42 bits per heavy atom. The van der Waals surface area contributed by atoms with E-state index in [0.29, 0.717) is 16.6 Å². The highest BCUT2D eigenvalue weighted by molar-refractivity contribution is 7.89. The van der Waals surface area contributed by atoms with Crippen LogP contribution >= 0.6 is 0 Å². The van der Waals surface area contributed by atoms with Crippen LogP contribution in [0.3, 0.4) is 0 Å². The van der Waals surface area contributed by atoms with Gasteiger partial charge in [0.25, 0.3) is 0 Å². The van der Waals surface area contributed by atoms with Crippen LogP contribution < -0.4 is 9.46 Å². The van der Waals surface area contributed by atoms with E-state index in [1.165, 1.54) is 24.3 Å². The molecule has 0 aliphatic heterocycles. The molecule has 0 unspecified atom stereocenters. The van der Waals surface area contributed by atoms with Gasteiger partial charge >= 0.3 is 6.36 Å². The number of alkyl halides is 5. The van der Waals surface area contributed by atoms with Gasteiger partial charge in [-0.3, -0.25) is 4.98 Å². The number of halogens is 5. The molecule has 36 heavy (non-hydrogen) atoms. The number of hydrogen-bond donors (Lipinski definition) is 1. The summed E-state index contributed by atoms with van der Waals surface area (Å²) in [4.78, 5) is 3.87. The van der Waals surface area contributed by atoms with Crippen molar-refractivity contribution in [3.05, 3.63) is 42.1 Å². The maximum absolute atomic E-state index is 12.8. The van der Waals surface area contributed by atoms with Crippen LogP contribution in [-0.4, -0.2) is 43.7 Å². The minimum atomic E-state index is -4.89. The summed E-state index contributed by atoms with van der Waals surface area (Å²) < 4.78 is 96.7. The zero-order valence-electron chi connectivity index (χ0n) is 18.7. The van der Waals surface area contributed by atoms with E-state index in [4.69, 9.17) is 0 Å². The van der Waals surface area contributed by atoms with Gasteiger partial charge in [0.05, 0.1) is 28.5 Å². The number of benzene rings is 1. The zero-order chi connectivity index (χ0) is 26.1. The van der Waals surface area contributed by atoms with Gasteiger partial charge in [-0.1, -0.05) is 12.8 Å².